The topological polar surface area (TPSA) is 92.5 Å². The lowest BCUT2D eigenvalue weighted by molar-refractivity contribution is -0.121. The molecule has 8 heteroatoms. The van der Waals surface area contributed by atoms with Crippen LogP contribution in [0.4, 0.5) is 5.00 Å². The number of piperidine rings is 1. The fourth-order valence-corrected chi connectivity index (χ4v) is 5.70. The van der Waals surface area contributed by atoms with Crippen LogP contribution in [0.5, 0.6) is 0 Å². The van der Waals surface area contributed by atoms with Crippen molar-refractivity contribution in [2.45, 2.75) is 38.5 Å². The van der Waals surface area contributed by atoms with Crippen LogP contribution in [-0.4, -0.2) is 35.7 Å². The summed E-state index contributed by atoms with van der Waals surface area (Å²) in [4.78, 5) is 40.7. The number of carbonyl (C=O) groups is 3. The van der Waals surface area contributed by atoms with Crippen molar-refractivity contribution in [2.24, 2.45) is 11.7 Å². The Morgan fingerprint density at radius 3 is 2.57 bits per heavy atom. The lowest BCUT2D eigenvalue weighted by Crippen LogP contribution is -2.43. The van der Waals surface area contributed by atoms with Crippen LogP contribution in [0.3, 0.4) is 0 Å². The van der Waals surface area contributed by atoms with E-state index in [0.717, 1.165) is 42.5 Å². The van der Waals surface area contributed by atoms with Gasteiger partial charge in [-0.25, -0.2) is 0 Å². The smallest absolute Gasteiger partial charge is 0.253 e. The third-order valence-corrected chi connectivity index (χ3v) is 7.28. The Bertz CT molecular complexity index is 986. The SMILES string of the molecule is NC(=O)c1c(NC(=O)[C@@H]2CCCN(C(=O)c3ccc(Cl)cc3)C2)sc2c1CCCC2. The number of benzene rings is 1. The Morgan fingerprint density at radius 1 is 1.10 bits per heavy atom. The number of thiophene rings is 1. The number of carbonyl (C=O) groups excluding carboxylic acids is 3. The van der Waals surface area contributed by atoms with E-state index < -0.39 is 5.91 Å². The minimum atomic E-state index is -0.493. The minimum Gasteiger partial charge on any atom is -0.365 e. The first-order chi connectivity index (χ1) is 14.4. The summed E-state index contributed by atoms with van der Waals surface area (Å²) in [5.74, 6) is -1.08. The standard InChI is InChI=1S/C22H24ClN3O3S/c23-15-9-7-13(8-10-15)22(29)26-11-3-4-14(12-26)20(28)25-21-18(19(24)27)16-5-1-2-6-17(16)30-21/h7-10,14H,1-6,11-12H2,(H2,24,27)(H,25,28)/t14-/m1/s1. The van der Waals surface area contributed by atoms with Crippen molar-refractivity contribution in [1.29, 1.82) is 0 Å². The number of nitrogens with two attached hydrogens (primary N) is 1. The highest BCUT2D eigenvalue weighted by Gasteiger charge is 2.31. The molecular formula is C22H24ClN3O3S. The van der Waals surface area contributed by atoms with Crippen molar-refractivity contribution >= 4 is 45.7 Å². The van der Waals surface area contributed by atoms with Crippen LogP contribution in [0.1, 0.15) is 56.8 Å². The number of likely N-dealkylation sites (tertiary alicyclic amines) is 1. The van der Waals surface area contributed by atoms with Crippen LogP contribution in [-0.2, 0) is 17.6 Å². The number of fused-ring (bicyclic) bond motifs is 1. The number of nitrogens with one attached hydrogen (secondary N) is 1. The average Bonchev–Trinajstić information content (AvgIpc) is 3.12. The van der Waals surface area contributed by atoms with Crippen molar-refractivity contribution in [3.8, 4) is 0 Å². The van der Waals surface area contributed by atoms with E-state index in [0.29, 0.717) is 40.7 Å². The Hall–Kier alpha value is -2.38. The molecule has 1 aliphatic carbocycles. The molecule has 6 nitrogen and oxygen atoms in total. The Labute approximate surface area is 184 Å². The molecule has 30 heavy (non-hydrogen) atoms. The second-order valence-corrected chi connectivity index (χ2v) is 9.41. The van der Waals surface area contributed by atoms with Crippen molar-refractivity contribution in [2.75, 3.05) is 18.4 Å². The van der Waals surface area contributed by atoms with E-state index in [1.54, 1.807) is 29.2 Å². The maximum absolute atomic E-state index is 13.0. The van der Waals surface area contributed by atoms with E-state index in [-0.39, 0.29) is 17.7 Å². The maximum atomic E-state index is 13.0. The highest BCUT2D eigenvalue weighted by molar-refractivity contribution is 7.17. The monoisotopic (exact) mass is 445 g/mol. The maximum Gasteiger partial charge on any atom is 0.253 e. The molecule has 1 aliphatic heterocycles. The van der Waals surface area contributed by atoms with Gasteiger partial charge >= 0.3 is 0 Å². The second-order valence-electron chi connectivity index (χ2n) is 7.87. The van der Waals surface area contributed by atoms with Gasteiger partial charge in [-0.2, -0.15) is 0 Å². The molecule has 3 amide bonds. The Balaban J connectivity index is 1.47. The number of aryl methyl sites for hydroxylation is 1. The van der Waals surface area contributed by atoms with Gasteiger partial charge in [0.25, 0.3) is 11.8 Å². The molecule has 158 valence electrons. The van der Waals surface area contributed by atoms with Crippen LogP contribution in [0.25, 0.3) is 0 Å². The molecule has 1 aromatic heterocycles. The third kappa shape index (κ3) is 4.23. The third-order valence-electron chi connectivity index (χ3n) is 5.83. The van der Waals surface area contributed by atoms with Gasteiger partial charge in [0.2, 0.25) is 5.91 Å². The number of hydrogen-bond donors (Lipinski definition) is 2. The number of nitrogens with zero attached hydrogens (tertiary/aromatic N) is 1. The van der Waals surface area contributed by atoms with Crippen molar-refractivity contribution in [3.05, 3.63) is 50.9 Å². The van der Waals surface area contributed by atoms with Crippen LogP contribution in [0, 0.1) is 5.92 Å². The highest BCUT2D eigenvalue weighted by atomic mass is 35.5. The normalized spacial score (nSPS) is 18.6. The number of primary amides is 1. The predicted octanol–water partition coefficient (Wildman–Crippen LogP) is 3.87. The first-order valence-electron chi connectivity index (χ1n) is 10.2. The van der Waals surface area contributed by atoms with E-state index in [2.05, 4.69) is 5.32 Å². The zero-order chi connectivity index (χ0) is 21.3. The molecule has 2 aliphatic rings. The molecule has 2 heterocycles. The largest absolute Gasteiger partial charge is 0.365 e. The molecule has 0 saturated carbocycles. The van der Waals surface area contributed by atoms with Gasteiger partial charge < -0.3 is 16.0 Å². The number of anilines is 1. The Kier molecular flexibility index (Phi) is 6.11. The number of amides is 3. The molecule has 1 aromatic carbocycles. The van der Waals surface area contributed by atoms with E-state index in [1.807, 2.05) is 0 Å². The second kappa shape index (κ2) is 8.78. The number of rotatable bonds is 4. The molecule has 4 rings (SSSR count). The van der Waals surface area contributed by atoms with E-state index in [9.17, 15) is 14.4 Å². The quantitative estimate of drug-likeness (QED) is 0.748. The van der Waals surface area contributed by atoms with Gasteiger partial charge in [0.1, 0.15) is 5.00 Å². The fraction of sp³-hybridized carbons (Fsp3) is 0.409. The summed E-state index contributed by atoms with van der Waals surface area (Å²) < 4.78 is 0. The molecule has 0 spiro atoms. The zero-order valence-corrected chi connectivity index (χ0v) is 18.2. The van der Waals surface area contributed by atoms with Gasteiger partial charge in [-0.3, -0.25) is 14.4 Å². The van der Waals surface area contributed by atoms with Crippen LogP contribution in [0.2, 0.25) is 5.02 Å². The summed E-state index contributed by atoms with van der Waals surface area (Å²) in [5.41, 5.74) is 7.65. The summed E-state index contributed by atoms with van der Waals surface area (Å²) >= 11 is 7.37. The van der Waals surface area contributed by atoms with Crippen molar-refractivity contribution in [1.82, 2.24) is 4.90 Å². The summed E-state index contributed by atoms with van der Waals surface area (Å²) in [6.07, 6.45) is 5.31. The van der Waals surface area contributed by atoms with Crippen LogP contribution >= 0.6 is 22.9 Å². The average molecular weight is 446 g/mol. The molecule has 2 aromatic rings. The van der Waals surface area contributed by atoms with E-state index >= 15 is 0 Å². The number of halogens is 1. The van der Waals surface area contributed by atoms with Gasteiger partial charge in [0.15, 0.2) is 0 Å². The molecule has 3 N–H and O–H groups in total. The minimum absolute atomic E-state index is 0.103. The lowest BCUT2D eigenvalue weighted by Gasteiger charge is -2.32. The Morgan fingerprint density at radius 2 is 1.83 bits per heavy atom. The van der Waals surface area contributed by atoms with Crippen LogP contribution in [0.15, 0.2) is 24.3 Å². The molecular weight excluding hydrogens is 422 g/mol. The van der Waals surface area contributed by atoms with Gasteiger partial charge in [-0.05, 0) is 68.4 Å². The molecule has 1 fully saturated rings. The van der Waals surface area contributed by atoms with Gasteiger partial charge in [0.05, 0.1) is 11.5 Å². The van der Waals surface area contributed by atoms with Crippen molar-refractivity contribution < 1.29 is 14.4 Å². The van der Waals surface area contributed by atoms with Crippen molar-refractivity contribution in [3.63, 3.8) is 0 Å². The van der Waals surface area contributed by atoms with E-state index in [4.69, 9.17) is 17.3 Å². The molecule has 0 unspecified atom stereocenters. The molecule has 1 saturated heterocycles. The highest BCUT2D eigenvalue weighted by Crippen LogP contribution is 2.38. The predicted molar refractivity (Wildman–Crippen MR) is 118 cm³/mol. The zero-order valence-electron chi connectivity index (χ0n) is 16.6. The van der Waals surface area contributed by atoms with E-state index in [1.165, 1.54) is 11.3 Å². The molecule has 0 radical (unpaired) electrons. The summed E-state index contributed by atoms with van der Waals surface area (Å²) in [6.45, 7) is 0.968. The van der Waals surface area contributed by atoms with Gasteiger partial charge in [-0.15, -0.1) is 11.3 Å². The van der Waals surface area contributed by atoms with Gasteiger partial charge in [-0.1, -0.05) is 11.6 Å². The van der Waals surface area contributed by atoms with Crippen LogP contribution < -0.4 is 11.1 Å². The lowest BCUT2D eigenvalue weighted by atomic mass is 9.94. The summed E-state index contributed by atoms with van der Waals surface area (Å²) in [6, 6.07) is 6.77. The first kappa shape index (κ1) is 20.9. The number of hydrogen-bond acceptors (Lipinski definition) is 4. The summed E-state index contributed by atoms with van der Waals surface area (Å²) in [5, 5.41) is 4.08. The van der Waals surface area contributed by atoms with Gasteiger partial charge in [0, 0.05) is 28.6 Å². The fourth-order valence-electron chi connectivity index (χ4n) is 4.28. The first-order valence-corrected chi connectivity index (χ1v) is 11.4. The molecule has 1 atom stereocenters. The molecule has 0 bridgehead atoms. The summed E-state index contributed by atoms with van der Waals surface area (Å²) in [7, 11) is 0.